The van der Waals surface area contributed by atoms with Crippen molar-refractivity contribution in [1.29, 1.82) is 0 Å². The maximum absolute atomic E-state index is 13.6. The first-order valence-electron chi connectivity index (χ1n) is 4.47. The van der Waals surface area contributed by atoms with Crippen molar-refractivity contribution in [3.63, 3.8) is 0 Å². The predicted molar refractivity (Wildman–Crippen MR) is 54.8 cm³/mol. The molecule has 2 heterocycles. The molecule has 0 fully saturated rings. The zero-order valence-electron chi connectivity index (χ0n) is 8.35. The molecule has 0 aromatic carbocycles. The van der Waals surface area contributed by atoms with Crippen LogP contribution in [0.1, 0.15) is 11.4 Å². The summed E-state index contributed by atoms with van der Waals surface area (Å²) in [6.07, 6.45) is 1.36. The maximum atomic E-state index is 13.6. The Bertz CT molecular complexity index is 528. The van der Waals surface area contributed by atoms with Crippen LogP contribution in [0.4, 0.5) is 4.39 Å². The van der Waals surface area contributed by atoms with E-state index in [9.17, 15) is 4.39 Å². The fourth-order valence-corrected chi connectivity index (χ4v) is 1.48. The smallest absolute Gasteiger partial charge is 0.186 e. The number of hydrogen-bond acceptors (Lipinski definition) is 4. The van der Waals surface area contributed by atoms with Gasteiger partial charge in [-0.1, -0.05) is 16.8 Å². The highest BCUT2D eigenvalue weighted by Crippen LogP contribution is 2.20. The monoisotopic (exact) mass is 242 g/mol. The molecule has 0 saturated heterocycles. The number of rotatable bonds is 2. The van der Waals surface area contributed by atoms with Crippen LogP contribution in [0.25, 0.3) is 5.69 Å². The Morgan fingerprint density at radius 3 is 3.00 bits per heavy atom. The standard InChI is InChI=1S/C9H8ClFN4O/c1-5-7(4-16)15(14-13-5)6-2-3-12-9(10)8(6)11/h2-3,16H,4H2,1H3. The van der Waals surface area contributed by atoms with Crippen molar-refractivity contribution in [1.82, 2.24) is 20.0 Å². The third-order valence-corrected chi connectivity index (χ3v) is 2.43. The first-order chi connectivity index (χ1) is 7.65. The SMILES string of the molecule is Cc1nnn(-c2ccnc(Cl)c2F)c1CO. The summed E-state index contributed by atoms with van der Waals surface area (Å²) in [6.45, 7) is 1.40. The highest BCUT2D eigenvalue weighted by Gasteiger charge is 2.15. The number of aliphatic hydroxyl groups is 1. The van der Waals surface area contributed by atoms with E-state index in [0.717, 1.165) is 0 Å². The highest BCUT2D eigenvalue weighted by atomic mass is 35.5. The molecule has 0 saturated carbocycles. The Kier molecular flexibility index (Phi) is 2.84. The van der Waals surface area contributed by atoms with E-state index >= 15 is 0 Å². The van der Waals surface area contributed by atoms with Crippen molar-refractivity contribution in [2.75, 3.05) is 0 Å². The van der Waals surface area contributed by atoms with Gasteiger partial charge in [0.25, 0.3) is 0 Å². The van der Waals surface area contributed by atoms with E-state index in [1.807, 2.05) is 0 Å². The van der Waals surface area contributed by atoms with Crippen molar-refractivity contribution < 1.29 is 9.50 Å². The molecule has 0 spiro atoms. The summed E-state index contributed by atoms with van der Waals surface area (Å²) in [5, 5.41) is 16.4. The largest absolute Gasteiger partial charge is 0.390 e. The summed E-state index contributed by atoms with van der Waals surface area (Å²) >= 11 is 5.56. The topological polar surface area (TPSA) is 63.8 Å². The van der Waals surface area contributed by atoms with Gasteiger partial charge in [0.05, 0.1) is 18.0 Å². The lowest BCUT2D eigenvalue weighted by Crippen LogP contribution is -2.06. The average Bonchev–Trinajstić information content (AvgIpc) is 2.63. The molecule has 16 heavy (non-hydrogen) atoms. The van der Waals surface area contributed by atoms with Crippen molar-refractivity contribution in [2.24, 2.45) is 0 Å². The molecule has 2 aromatic rings. The van der Waals surface area contributed by atoms with Gasteiger partial charge < -0.3 is 5.11 Å². The molecule has 0 aliphatic carbocycles. The molecular weight excluding hydrogens is 235 g/mol. The molecule has 0 atom stereocenters. The van der Waals surface area contributed by atoms with Gasteiger partial charge in [-0.15, -0.1) is 5.10 Å². The number of aromatic nitrogens is 4. The van der Waals surface area contributed by atoms with Crippen molar-refractivity contribution in [2.45, 2.75) is 13.5 Å². The molecule has 0 aliphatic heterocycles. The second kappa shape index (κ2) is 4.15. The summed E-state index contributed by atoms with van der Waals surface area (Å²) in [5.41, 5.74) is 1.07. The van der Waals surface area contributed by atoms with Crippen LogP contribution in [-0.4, -0.2) is 25.1 Å². The summed E-state index contributed by atoms with van der Waals surface area (Å²) in [4.78, 5) is 3.59. The summed E-state index contributed by atoms with van der Waals surface area (Å²) < 4.78 is 14.9. The predicted octanol–water partition coefficient (Wildman–Crippen LogP) is 1.26. The number of nitrogens with zero attached hydrogens (tertiary/aromatic N) is 4. The van der Waals surface area contributed by atoms with Crippen LogP contribution in [0.5, 0.6) is 0 Å². The number of hydrogen-bond donors (Lipinski definition) is 1. The van der Waals surface area contributed by atoms with Gasteiger partial charge in [0.1, 0.15) is 5.69 Å². The normalized spacial score (nSPS) is 10.8. The number of aryl methyl sites for hydroxylation is 1. The van der Waals surface area contributed by atoms with Gasteiger partial charge in [-0.3, -0.25) is 0 Å². The Balaban J connectivity index is 2.63. The number of aliphatic hydroxyl groups excluding tert-OH is 1. The molecule has 2 rings (SSSR count). The lowest BCUT2D eigenvalue weighted by molar-refractivity contribution is 0.272. The summed E-state index contributed by atoms with van der Waals surface area (Å²) in [7, 11) is 0. The minimum atomic E-state index is -0.691. The Morgan fingerprint density at radius 2 is 2.31 bits per heavy atom. The van der Waals surface area contributed by atoms with Crippen LogP contribution in [-0.2, 0) is 6.61 Å². The molecule has 7 heteroatoms. The lowest BCUT2D eigenvalue weighted by Gasteiger charge is -2.06. The first kappa shape index (κ1) is 11.0. The van der Waals surface area contributed by atoms with Gasteiger partial charge in [0.2, 0.25) is 0 Å². The molecule has 0 unspecified atom stereocenters. The maximum Gasteiger partial charge on any atom is 0.186 e. The van der Waals surface area contributed by atoms with E-state index in [1.54, 1.807) is 6.92 Å². The molecule has 2 aromatic heterocycles. The van der Waals surface area contributed by atoms with Crippen molar-refractivity contribution >= 4 is 11.6 Å². The van der Waals surface area contributed by atoms with Crippen LogP contribution in [0.3, 0.4) is 0 Å². The molecule has 0 aliphatic rings. The number of pyridine rings is 1. The quantitative estimate of drug-likeness (QED) is 0.806. The molecular formula is C9H8ClFN4O. The minimum absolute atomic E-state index is 0.115. The van der Waals surface area contributed by atoms with E-state index in [0.29, 0.717) is 11.4 Å². The molecule has 84 valence electrons. The van der Waals surface area contributed by atoms with Crippen LogP contribution in [0.15, 0.2) is 12.3 Å². The zero-order valence-corrected chi connectivity index (χ0v) is 9.11. The molecule has 0 radical (unpaired) electrons. The van der Waals surface area contributed by atoms with Gasteiger partial charge >= 0.3 is 0 Å². The van der Waals surface area contributed by atoms with E-state index in [4.69, 9.17) is 16.7 Å². The van der Waals surface area contributed by atoms with E-state index < -0.39 is 5.82 Å². The van der Waals surface area contributed by atoms with Crippen LogP contribution in [0.2, 0.25) is 5.15 Å². The highest BCUT2D eigenvalue weighted by molar-refractivity contribution is 6.29. The second-order valence-corrected chi connectivity index (χ2v) is 3.48. The average molecular weight is 243 g/mol. The van der Waals surface area contributed by atoms with E-state index in [-0.39, 0.29) is 17.4 Å². The van der Waals surface area contributed by atoms with Gasteiger partial charge in [0, 0.05) is 6.20 Å². The molecule has 1 N–H and O–H groups in total. The second-order valence-electron chi connectivity index (χ2n) is 3.13. The van der Waals surface area contributed by atoms with Gasteiger partial charge in [0.15, 0.2) is 11.0 Å². The molecule has 0 bridgehead atoms. The Morgan fingerprint density at radius 1 is 1.56 bits per heavy atom. The van der Waals surface area contributed by atoms with Crippen molar-refractivity contribution in [3.05, 3.63) is 34.6 Å². The Hall–Kier alpha value is -1.53. The third-order valence-electron chi connectivity index (χ3n) is 2.16. The molecule has 0 amide bonds. The number of halogens is 2. The van der Waals surface area contributed by atoms with Gasteiger partial charge in [-0.25, -0.2) is 14.1 Å². The summed E-state index contributed by atoms with van der Waals surface area (Å²) in [6, 6.07) is 1.41. The molecule has 5 nitrogen and oxygen atoms in total. The lowest BCUT2D eigenvalue weighted by atomic mass is 10.3. The van der Waals surface area contributed by atoms with Crippen LogP contribution >= 0.6 is 11.6 Å². The fourth-order valence-electron chi connectivity index (χ4n) is 1.32. The third kappa shape index (κ3) is 1.66. The Labute approximate surface area is 95.5 Å². The zero-order chi connectivity index (χ0) is 11.7. The van der Waals surface area contributed by atoms with Gasteiger partial charge in [-0.2, -0.15) is 0 Å². The van der Waals surface area contributed by atoms with Crippen LogP contribution < -0.4 is 0 Å². The van der Waals surface area contributed by atoms with E-state index in [1.165, 1.54) is 16.9 Å². The van der Waals surface area contributed by atoms with E-state index in [2.05, 4.69) is 15.3 Å². The van der Waals surface area contributed by atoms with Gasteiger partial charge in [-0.05, 0) is 13.0 Å². The fraction of sp³-hybridized carbons (Fsp3) is 0.222. The van der Waals surface area contributed by atoms with Crippen LogP contribution in [0, 0.1) is 12.7 Å². The minimum Gasteiger partial charge on any atom is -0.390 e. The van der Waals surface area contributed by atoms with Crippen molar-refractivity contribution in [3.8, 4) is 5.69 Å². The first-order valence-corrected chi connectivity index (χ1v) is 4.85. The summed E-state index contributed by atoms with van der Waals surface area (Å²) in [5.74, 6) is -0.691.